The van der Waals surface area contributed by atoms with Gasteiger partial charge in [-0.2, -0.15) is 0 Å². The number of benzene rings is 3. The summed E-state index contributed by atoms with van der Waals surface area (Å²) in [6.45, 7) is 18.8. The minimum absolute atomic E-state index is 0.0694. The van der Waals surface area contributed by atoms with Gasteiger partial charge in [0.2, 0.25) is 0 Å². The van der Waals surface area contributed by atoms with Gasteiger partial charge in [-0.1, -0.05) is 107 Å². The summed E-state index contributed by atoms with van der Waals surface area (Å²) < 4.78 is 12.3. The predicted octanol–water partition coefficient (Wildman–Crippen LogP) is 6.58. The lowest BCUT2D eigenvalue weighted by Crippen LogP contribution is -2.41. The SMILES string of the molecule is Cc1ccc(OCC(O)CN(Cc2ccccc2)CC(O)COc2ccc(C)cc2C(C)(C)C)c(C(C)(C)C)c1. The number of nitrogens with zero attached hydrogens (tertiary/aromatic N) is 1. The van der Waals surface area contributed by atoms with E-state index in [0.717, 1.165) is 28.2 Å². The summed E-state index contributed by atoms with van der Waals surface area (Å²) in [4.78, 5) is 2.07. The quantitative estimate of drug-likeness (QED) is 0.268. The van der Waals surface area contributed by atoms with Gasteiger partial charge in [0, 0.05) is 19.6 Å². The Kier molecular flexibility index (Phi) is 10.8. The third kappa shape index (κ3) is 9.65. The maximum Gasteiger partial charge on any atom is 0.123 e. The zero-order valence-electron chi connectivity index (χ0n) is 25.7. The molecular formula is C35H49NO4. The van der Waals surface area contributed by atoms with E-state index in [1.165, 1.54) is 11.1 Å². The molecule has 0 saturated heterocycles. The van der Waals surface area contributed by atoms with Gasteiger partial charge < -0.3 is 19.7 Å². The fourth-order valence-corrected chi connectivity index (χ4v) is 4.83. The van der Waals surface area contributed by atoms with Crippen molar-refractivity contribution < 1.29 is 19.7 Å². The van der Waals surface area contributed by atoms with Crippen molar-refractivity contribution >= 4 is 0 Å². The Balaban J connectivity index is 1.66. The number of aryl methyl sites for hydroxylation is 2. The van der Waals surface area contributed by atoms with Crippen LogP contribution in [0.5, 0.6) is 11.5 Å². The van der Waals surface area contributed by atoms with Gasteiger partial charge in [-0.25, -0.2) is 0 Å². The fourth-order valence-electron chi connectivity index (χ4n) is 4.83. The van der Waals surface area contributed by atoms with Gasteiger partial charge in [-0.05, 0) is 53.5 Å². The van der Waals surface area contributed by atoms with E-state index in [4.69, 9.17) is 9.47 Å². The van der Waals surface area contributed by atoms with Gasteiger partial charge in [0.05, 0.1) is 0 Å². The molecule has 0 aliphatic carbocycles. The van der Waals surface area contributed by atoms with Crippen molar-refractivity contribution in [3.05, 3.63) is 94.5 Å². The molecule has 218 valence electrons. The van der Waals surface area contributed by atoms with Gasteiger partial charge in [0.25, 0.3) is 0 Å². The van der Waals surface area contributed by atoms with E-state index in [9.17, 15) is 10.2 Å². The maximum atomic E-state index is 11.0. The average molecular weight is 548 g/mol. The zero-order valence-corrected chi connectivity index (χ0v) is 25.7. The first-order valence-corrected chi connectivity index (χ1v) is 14.3. The highest BCUT2D eigenvalue weighted by Crippen LogP contribution is 2.33. The molecule has 0 spiro atoms. The third-order valence-electron chi connectivity index (χ3n) is 6.94. The van der Waals surface area contributed by atoms with Crippen LogP contribution < -0.4 is 9.47 Å². The van der Waals surface area contributed by atoms with Gasteiger partial charge in [0.15, 0.2) is 0 Å². The van der Waals surface area contributed by atoms with Crippen molar-refractivity contribution in [3.63, 3.8) is 0 Å². The van der Waals surface area contributed by atoms with E-state index in [1.807, 2.05) is 42.5 Å². The molecule has 3 aromatic rings. The van der Waals surface area contributed by atoms with Crippen molar-refractivity contribution in [2.75, 3.05) is 26.3 Å². The van der Waals surface area contributed by atoms with Crippen LogP contribution in [0.4, 0.5) is 0 Å². The molecule has 0 amide bonds. The molecule has 5 nitrogen and oxygen atoms in total. The number of hydrogen-bond donors (Lipinski definition) is 2. The molecule has 0 saturated carbocycles. The molecule has 40 heavy (non-hydrogen) atoms. The Morgan fingerprint density at radius 3 is 1.48 bits per heavy atom. The second kappa shape index (κ2) is 13.7. The van der Waals surface area contributed by atoms with Crippen LogP contribution in [0.1, 0.15) is 69.4 Å². The van der Waals surface area contributed by atoms with E-state index in [2.05, 4.69) is 84.6 Å². The highest BCUT2D eigenvalue weighted by atomic mass is 16.5. The van der Waals surface area contributed by atoms with Crippen molar-refractivity contribution in [2.24, 2.45) is 0 Å². The lowest BCUT2D eigenvalue weighted by molar-refractivity contribution is 0.0278. The molecule has 2 atom stereocenters. The Morgan fingerprint density at radius 2 is 1.07 bits per heavy atom. The minimum atomic E-state index is -0.726. The predicted molar refractivity (Wildman–Crippen MR) is 164 cm³/mol. The monoisotopic (exact) mass is 547 g/mol. The minimum Gasteiger partial charge on any atom is -0.491 e. The largest absolute Gasteiger partial charge is 0.491 e. The Bertz CT molecular complexity index is 1130. The Labute approximate surface area is 241 Å². The van der Waals surface area contributed by atoms with E-state index < -0.39 is 12.2 Å². The summed E-state index contributed by atoms with van der Waals surface area (Å²) in [6, 6.07) is 22.5. The second-order valence-electron chi connectivity index (χ2n) is 13.1. The molecule has 0 fully saturated rings. The maximum absolute atomic E-state index is 11.0. The average Bonchev–Trinajstić information content (AvgIpc) is 2.86. The third-order valence-corrected chi connectivity index (χ3v) is 6.94. The second-order valence-corrected chi connectivity index (χ2v) is 13.1. The molecule has 2 N–H and O–H groups in total. The standard InChI is InChI=1S/C35H49NO4/c1-25-14-16-32(30(18-25)34(3,4)5)39-23-28(37)21-36(20-27-12-10-9-11-13-27)22-29(38)24-40-33-17-15-26(2)19-31(33)35(6,7)8/h9-19,28-29,37-38H,20-24H2,1-8H3. The summed E-state index contributed by atoms with van der Waals surface area (Å²) in [6.07, 6.45) is -1.45. The molecule has 5 heteroatoms. The van der Waals surface area contributed by atoms with Crippen LogP contribution in [-0.4, -0.2) is 53.6 Å². The van der Waals surface area contributed by atoms with E-state index in [0.29, 0.717) is 19.6 Å². The molecular weight excluding hydrogens is 498 g/mol. The molecule has 0 radical (unpaired) electrons. The zero-order chi connectivity index (χ0) is 29.5. The van der Waals surface area contributed by atoms with Crippen LogP contribution in [0.3, 0.4) is 0 Å². The van der Waals surface area contributed by atoms with Crippen molar-refractivity contribution in [3.8, 4) is 11.5 Å². The van der Waals surface area contributed by atoms with Gasteiger partial charge >= 0.3 is 0 Å². The summed E-state index contributed by atoms with van der Waals surface area (Å²) in [5, 5.41) is 22.0. The van der Waals surface area contributed by atoms with E-state index >= 15 is 0 Å². The van der Waals surface area contributed by atoms with Crippen LogP contribution in [0.2, 0.25) is 0 Å². The van der Waals surface area contributed by atoms with Crippen LogP contribution in [-0.2, 0) is 17.4 Å². The molecule has 2 unspecified atom stereocenters. The number of rotatable bonds is 12. The van der Waals surface area contributed by atoms with Crippen molar-refractivity contribution in [1.82, 2.24) is 4.90 Å². The lowest BCUT2D eigenvalue weighted by atomic mass is 9.85. The first-order chi connectivity index (χ1) is 18.7. The van der Waals surface area contributed by atoms with Crippen LogP contribution >= 0.6 is 0 Å². The highest BCUT2D eigenvalue weighted by Gasteiger charge is 2.23. The molecule has 0 aliphatic rings. The van der Waals surface area contributed by atoms with Crippen molar-refractivity contribution in [2.45, 2.75) is 85.0 Å². The Morgan fingerprint density at radius 1 is 0.650 bits per heavy atom. The molecule has 0 aliphatic heterocycles. The number of ether oxygens (including phenoxy) is 2. The number of aliphatic hydroxyl groups is 2. The van der Waals surface area contributed by atoms with Gasteiger partial charge in [0.1, 0.15) is 36.9 Å². The Hall–Kier alpha value is -2.86. The van der Waals surface area contributed by atoms with Gasteiger partial charge in [-0.3, -0.25) is 4.90 Å². The molecule has 0 bridgehead atoms. The van der Waals surface area contributed by atoms with Crippen LogP contribution in [0.15, 0.2) is 66.7 Å². The molecule has 3 aromatic carbocycles. The summed E-state index contributed by atoms with van der Waals surface area (Å²) in [5.74, 6) is 1.60. The fraction of sp³-hybridized carbons (Fsp3) is 0.486. The molecule has 3 rings (SSSR count). The normalized spacial score (nSPS) is 13.8. The number of aliphatic hydroxyl groups excluding tert-OH is 2. The summed E-state index contributed by atoms with van der Waals surface area (Å²) in [5.41, 5.74) is 5.59. The number of hydrogen-bond acceptors (Lipinski definition) is 5. The van der Waals surface area contributed by atoms with Crippen molar-refractivity contribution in [1.29, 1.82) is 0 Å². The first-order valence-electron chi connectivity index (χ1n) is 14.3. The molecule has 0 heterocycles. The van der Waals surface area contributed by atoms with Gasteiger partial charge in [-0.15, -0.1) is 0 Å². The van der Waals surface area contributed by atoms with Crippen LogP contribution in [0.25, 0.3) is 0 Å². The van der Waals surface area contributed by atoms with Crippen LogP contribution in [0, 0.1) is 13.8 Å². The molecule has 0 aromatic heterocycles. The smallest absolute Gasteiger partial charge is 0.123 e. The van der Waals surface area contributed by atoms with E-state index in [1.54, 1.807) is 0 Å². The summed E-state index contributed by atoms with van der Waals surface area (Å²) >= 11 is 0. The first kappa shape index (κ1) is 31.7. The summed E-state index contributed by atoms with van der Waals surface area (Å²) in [7, 11) is 0. The lowest BCUT2D eigenvalue weighted by Gasteiger charge is -2.29. The highest BCUT2D eigenvalue weighted by molar-refractivity contribution is 5.42. The van der Waals surface area contributed by atoms with E-state index in [-0.39, 0.29) is 24.0 Å². The topological polar surface area (TPSA) is 62.2 Å².